The summed E-state index contributed by atoms with van der Waals surface area (Å²) in [5, 5.41) is 0. The molecule has 0 radical (unpaired) electrons. The number of aryl methyl sites for hydroxylation is 1. The highest BCUT2D eigenvalue weighted by Crippen LogP contribution is 2.39. The molecule has 0 bridgehead atoms. The molecule has 1 aromatic carbocycles. The topological polar surface area (TPSA) is 0 Å². The van der Waals surface area contributed by atoms with E-state index in [1.165, 1.54) is 12.8 Å². The van der Waals surface area contributed by atoms with Gasteiger partial charge in [0.15, 0.2) is 17.5 Å². The molecule has 0 aliphatic heterocycles. The summed E-state index contributed by atoms with van der Waals surface area (Å²) < 4.78 is 41.6. The van der Waals surface area contributed by atoms with Gasteiger partial charge in [0.25, 0.3) is 0 Å². The fourth-order valence-corrected chi connectivity index (χ4v) is 3.60. The summed E-state index contributed by atoms with van der Waals surface area (Å²) >= 11 is 0. The monoisotopic (exact) mass is 298 g/mol. The molecule has 0 heterocycles. The van der Waals surface area contributed by atoms with Crippen LogP contribution in [0, 0.1) is 23.4 Å². The Bertz CT molecular complexity index is 474. The summed E-state index contributed by atoms with van der Waals surface area (Å²) in [7, 11) is 0. The molecule has 118 valence electrons. The SMILES string of the molecule is CCCc1cc(C2CCC(CCC)CC2)c(F)c(F)c1F. The van der Waals surface area contributed by atoms with Gasteiger partial charge in [0.2, 0.25) is 0 Å². The predicted octanol–water partition coefficient (Wildman–Crippen LogP) is 6.13. The lowest BCUT2D eigenvalue weighted by atomic mass is 9.76. The molecule has 1 aliphatic rings. The van der Waals surface area contributed by atoms with Crippen molar-refractivity contribution >= 4 is 0 Å². The first kappa shape index (κ1) is 16.4. The highest BCUT2D eigenvalue weighted by molar-refractivity contribution is 5.31. The van der Waals surface area contributed by atoms with Crippen molar-refractivity contribution in [3.8, 4) is 0 Å². The van der Waals surface area contributed by atoms with Crippen LogP contribution in [0.3, 0.4) is 0 Å². The van der Waals surface area contributed by atoms with Crippen LogP contribution in [0.15, 0.2) is 6.07 Å². The summed E-state index contributed by atoms with van der Waals surface area (Å²) in [4.78, 5) is 0. The second-order valence-electron chi connectivity index (χ2n) is 6.32. The van der Waals surface area contributed by atoms with Crippen LogP contribution in [0.5, 0.6) is 0 Å². The molecule has 0 saturated heterocycles. The van der Waals surface area contributed by atoms with E-state index in [1.807, 2.05) is 6.92 Å². The third-order valence-corrected chi connectivity index (χ3v) is 4.75. The van der Waals surface area contributed by atoms with Crippen molar-refractivity contribution in [1.82, 2.24) is 0 Å². The van der Waals surface area contributed by atoms with Gasteiger partial charge in [-0.3, -0.25) is 0 Å². The molecule has 0 atom stereocenters. The van der Waals surface area contributed by atoms with Gasteiger partial charge in [0, 0.05) is 0 Å². The maximum absolute atomic E-state index is 14.1. The van der Waals surface area contributed by atoms with Crippen molar-refractivity contribution in [2.24, 2.45) is 5.92 Å². The van der Waals surface area contributed by atoms with Gasteiger partial charge in [-0.1, -0.05) is 33.1 Å². The molecule has 0 unspecified atom stereocenters. The van der Waals surface area contributed by atoms with Crippen molar-refractivity contribution in [2.45, 2.75) is 71.1 Å². The Balaban J connectivity index is 2.20. The van der Waals surface area contributed by atoms with Gasteiger partial charge in [-0.2, -0.15) is 0 Å². The predicted molar refractivity (Wildman–Crippen MR) is 79.9 cm³/mol. The highest BCUT2D eigenvalue weighted by Gasteiger charge is 2.27. The fraction of sp³-hybridized carbons (Fsp3) is 0.667. The molecule has 0 aromatic heterocycles. The lowest BCUT2D eigenvalue weighted by molar-refractivity contribution is 0.301. The van der Waals surface area contributed by atoms with Gasteiger partial charge < -0.3 is 0 Å². The van der Waals surface area contributed by atoms with E-state index in [-0.39, 0.29) is 5.92 Å². The van der Waals surface area contributed by atoms with E-state index in [9.17, 15) is 13.2 Å². The lowest BCUT2D eigenvalue weighted by Gasteiger charge is -2.29. The van der Waals surface area contributed by atoms with Crippen LogP contribution in [0.4, 0.5) is 13.2 Å². The first-order valence-corrected chi connectivity index (χ1v) is 8.24. The van der Waals surface area contributed by atoms with E-state index < -0.39 is 17.5 Å². The Morgan fingerprint density at radius 3 is 2.14 bits per heavy atom. The maximum atomic E-state index is 14.1. The molecule has 3 heteroatoms. The van der Waals surface area contributed by atoms with Gasteiger partial charge >= 0.3 is 0 Å². The summed E-state index contributed by atoms with van der Waals surface area (Å²) in [5.41, 5.74) is 0.717. The third-order valence-electron chi connectivity index (χ3n) is 4.75. The minimum Gasteiger partial charge on any atom is -0.203 e. The third kappa shape index (κ3) is 3.61. The smallest absolute Gasteiger partial charge is 0.194 e. The maximum Gasteiger partial charge on any atom is 0.194 e. The zero-order valence-corrected chi connectivity index (χ0v) is 13.0. The molecule has 1 aromatic rings. The summed E-state index contributed by atoms with van der Waals surface area (Å²) in [6, 6.07) is 1.57. The molecule has 1 aliphatic carbocycles. The molecule has 0 amide bonds. The first-order valence-electron chi connectivity index (χ1n) is 8.24. The van der Waals surface area contributed by atoms with E-state index in [0.29, 0.717) is 17.5 Å². The fourth-order valence-electron chi connectivity index (χ4n) is 3.60. The van der Waals surface area contributed by atoms with Crippen molar-refractivity contribution in [3.63, 3.8) is 0 Å². The minimum atomic E-state index is -1.29. The van der Waals surface area contributed by atoms with Crippen LogP contribution < -0.4 is 0 Å². The number of hydrogen-bond acceptors (Lipinski definition) is 0. The van der Waals surface area contributed by atoms with Crippen LogP contribution >= 0.6 is 0 Å². The van der Waals surface area contributed by atoms with Gasteiger partial charge in [0.05, 0.1) is 0 Å². The average Bonchev–Trinajstić information content (AvgIpc) is 2.49. The van der Waals surface area contributed by atoms with E-state index in [4.69, 9.17) is 0 Å². The minimum absolute atomic E-state index is 0.0452. The molecule has 2 rings (SSSR count). The second-order valence-corrected chi connectivity index (χ2v) is 6.32. The molecular weight excluding hydrogens is 273 g/mol. The van der Waals surface area contributed by atoms with Crippen molar-refractivity contribution in [2.75, 3.05) is 0 Å². The summed E-state index contributed by atoms with van der Waals surface area (Å²) in [5.74, 6) is -2.49. The van der Waals surface area contributed by atoms with Crippen molar-refractivity contribution < 1.29 is 13.2 Å². The van der Waals surface area contributed by atoms with Gasteiger partial charge in [-0.25, -0.2) is 13.2 Å². The van der Waals surface area contributed by atoms with Crippen LogP contribution in [-0.2, 0) is 6.42 Å². The van der Waals surface area contributed by atoms with Crippen LogP contribution in [-0.4, -0.2) is 0 Å². The standard InChI is InChI=1S/C18H25F3/c1-3-5-12-7-9-13(10-8-12)15-11-14(6-4-2)16(19)18(21)17(15)20/h11-13H,3-10H2,1-2H3. The van der Waals surface area contributed by atoms with E-state index in [2.05, 4.69) is 6.92 Å². The van der Waals surface area contributed by atoms with Crippen LogP contribution in [0.1, 0.15) is 75.8 Å². The summed E-state index contributed by atoms with van der Waals surface area (Å²) in [6.45, 7) is 4.09. The highest BCUT2D eigenvalue weighted by atomic mass is 19.2. The van der Waals surface area contributed by atoms with Gasteiger partial charge in [-0.15, -0.1) is 0 Å². The Morgan fingerprint density at radius 1 is 0.905 bits per heavy atom. The Labute approximate surface area is 125 Å². The molecule has 0 nitrogen and oxygen atoms in total. The zero-order valence-electron chi connectivity index (χ0n) is 13.0. The Kier molecular flexibility index (Phi) is 5.72. The quantitative estimate of drug-likeness (QED) is 0.573. The lowest BCUT2D eigenvalue weighted by Crippen LogP contribution is -2.16. The second kappa shape index (κ2) is 7.33. The molecule has 1 fully saturated rings. The number of rotatable bonds is 5. The van der Waals surface area contributed by atoms with E-state index in [0.717, 1.165) is 38.0 Å². The van der Waals surface area contributed by atoms with Crippen molar-refractivity contribution in [1.29, 1.82) is 0 Å². The van der Waals surface area contributed by atoms with Gasteiger partial charge in [-0.05, 0) is 61.1 Å². The first-order chi connectivity index (χ1) is 10.1. The molecule has 0 spiro atoms. The molecule has 0 N–H and O–H groups in total. The van der Waals surface area contributed by atoms with E-state index >= 15 is 0 Å². The summed E-state index contributed by atoms with van der Waals surface area (Å²) in [6.07, 6.45) is 7.49. The van der Waals surface area contributed by atoms with Crippen LogP contribution in [0.25, 0.3) is 0 Å². The Morgan fingerprint density at radius 2 is 1.57 bits per heavy atom. The molecule has 21 heavy (non-hydrogen) atoms. The van der Waals surface area contributed by atoms with E-state index in [1.54, 1.807) is 6.07 Å². The molecule has 1 saturated carbocycles. The number of hydrogen-bond donors (Lipinski definition) is 0. The average molecular weight is 298 g/mol. The number of benzene rings is 1. The largest absolute Gasteiger partial charge is 0.203 e. The Hall–Kier alpha value is -0.990. The zero-order chi connectivity index (χ0) is 15.4. The normalized spacial score (nSPS) is 22.5. The number of halogens is 3. The van der Waals surface area contributed by atoms with Gasteiger partial charge in [0.1, 0.15) is 0 Å². The van der Waals surface area contributed by atoms with Crippen molar-refractivity contribution in [3.05, 3.63) is 34.6 Å². The molecular formula is C18H25F3. The van der Waals surface area contributed by atoms with Crippen LogP contribution in [0.2, 0.25) is 0 Å².